The normalized spacial score (nSPS) is 12.4. The molecule has 0 fully saturated rings. The highest BCUT2D eigenvalue weighted by Gasteiger charge is 2.12. The molecule has 0 aromatic heterocycles. The molecule has 2 aromatic carbocycles. The molecule has 0 heterocycles. The first-order chi connectivity index (χ1) is 8.70. The zero-order chi connectivity index (χ0) is 13.0. The highest BCUT2D eigenvalue weighted by atomic mass is 19.1. The van der Waals surface area contributed by atoms with Crippen LogP contribution in [-0.2, 0) is 6.42 Å². The Balaban J connectivity index is 2.23. The fourth-order valence-electron chi connectivity index (χ4n) is 1.99. The van der Waals surface area contributed by atoms with Gasteiger partial charge in [-0.25, -0.2) is 8.78 Å². The fourth-order valence-corrected chi connectivity index (χ4v) is 1.99. The monoisotopic (exact) mass is 247 g/mol. The Hall–Kier alpha value is -1.74. The van der Waals surface area contributed by atoms with E-state index in [0.717, 1.165) is 5.56 Å². The summed E-state index contributed by atoms with van der Waals surface area (Å²) in [5, 5.41) is 3.09. The predicted octanol–water partition coefficient (Wildman–Crippen LogP) is 3.47. The largest absolute Gasteiger partial charge is 0.313 e. The van der Waals surface area contributed by atoms with Crippen molar-refractivity contribution in [2.45, 2.75) is 12.5 Å². The Kier molecular flexibility index (Phi) is 4.05. The Morgan fingerprint density at radius 1 is 1.06 bits per heavy atom. The average Bonchev–Trinajstić information content (AvgIpc) is 2.38. The topological polar surface area (TPSA) is 12.0 Å². The van der Waals surface area contributed by atoms with Gasteiger partial charge >= 0.3 is 0 Å². The van der Waals surface area contributed by atoms with Crippen LogP contribution in [0.3, 0.4) is 0 Å². The van der Waals surface area contributed by atoms with Crippen molar-refractivity contribution >= 4 is 0 Å². The van der Waals surface area contributed by atoms with Crippen molar-refractivity contribution in [2.75, 3.05) is 7.05 Å². The van der Waals surface area contributed by atoms with Crippen molar-refractivity contribution in [3.8, 4) is 0 Å². The number of halogens is 2. The number of benzene rings is 2. The van der Waals surface area contributed by atoms with E-state index in [1.54, 1.807) is 31.3 Å². The van der Waals surface area contributed by atoms with Gasteiger partial charge in [0.05, 0.1) is 0 Å². The van der Waals surface area contributed by atoms with Gasteiger partial charge in [0.25, 0.3) is 0 Å². The maximum atomic E-state index is 13.6. The molecule has 1 N–H and O–H groups in total. The number of nitrogens with one attached hydrogen (secondary N) is 1. The average molecular weight is 247 g/mol. The first-order valence-corrected chi connectivity index (χ1v) is 5.87. The van der Waals surface area contributed by atoms with E-state index in [4.69, 9.17) is 0 Å². The molecule has 1 atom stereocenters. The molecule has 18 heavy (non-hydrogen) atoms. The molecular weight excluding hydrogens is 232 g/mol. The van der Waals surface area contributed by atoms with Crippen molar-refractivity contribution in [1.82, 2.24) is 5.32 Å². The molecular formula is C15H15F2N. The van der Waals surface area contributed by atoms with Crippen LogP contribution in [0.25, 0.3) is 0 Å². The molecule has 0 aliphatic carbocycles. The van der Waals surface area contributed by atoms with E-state index < -0.39 is 0 Å². The summed E-state index contributed by atoms with van der Waals surface area (Å²) in [5.41, 5.74) is 1.45. The molecule has 0 radical (unpaired) electrons. The Morgan fingerprint density at radius 3 is 2.50 bits per heavy atom. The summed E-state index contributed by atoms with van der Waals surface area (Å²) >= 11 is 0. The lowest BCUT2D eigenvalue weighted by atomic mass is 9.98. The van der Waals surface area contributed by atoms with Gasteiger partial charge in [0, 0.05) is 6.04 Å². The lowest BCUT2D eigenvalue weighted by Crippen LogP contribution is -2.19. The maximum Gasteiger partial charge on any atom is 0.126 e. The van der Waals surface area contributed by atoms with Crippen LogP contribution in [0.2, 0.25) is 0 Å². The van der Waals surface area contributed by atoms with Crippen molar-refractivity contribution in [3.63, 3.8) is 0 Å². The van der Waals surface area contributed by atoms with Gasteiger partial charge in [-0.2, -0.15) is 0 Å². The number of rotatable bonds is 4. The van der Waals surface area contributed by atoms with E-state index in [1.807, 2.05) is 6.07 Å². The molecule has 1 unspecified atom stereocenters. The van der Waals surface area contributed by atoms with Crippen LogP contribution in [0.4, 0.5) is 8.78 Å². The van der Waals surface area contributed by atoms with Crippen LogP contribution in [-0.4, -0.2) is 7.05 Å². The molecule has 0 spiro atoms. The van der Waals surface area contributed by atoms with Gasteiger partial charge in [0.1, 0.15) is 11.6 Å². The standard InChI is InChI=1S/C15H15F2N/c1-18-15(12-6-4-7-13(16)9-12)10-11-5-2-3-8-14(11)17/h2-9,15,18H,10H2,1H3. The van der Waals surface area contributed by atoms with Crippen molar-refractivity contribution in [2.24, 2.45) is 0 Å². The quantitative estimate of drug-likeness (QED) is 0.872. The molecule has 0 bridgehead atoms. The molecule has 94 valence electrons. The molecule has 2 rings (SSSR count). The van der Waals surface area contributed by atoms with Gasteiger partial charge in [-0.15, -0.1) is 0 Å². The van der Waals surface area contributed by atoms with Gasteiger partial charge in [-0.1, -0.05) is 30.3 Å². The minimum absolute atomic E-state index is 0.0994. The van der Waals surface area contributed by atoms with E-state index in [0.29, 0.717) is 12.0 Å². The lowest BCUT2D eigenvalue weighted by Gasteiger charge is -2.17. The second-order valence-electron chi connectivity index (χ2n) is 4.19. The maximum absolute atomic E-state index is 13.6. The highest BCUT2D eigenvalue weighted by molar-refractivity contribution is 5.25. The molecule has 2 aromatic rings. The number of hydrogen-bond acceptors (Lipinski definition) is 1. The third-order valence-corrected chi connectivity index (χ3v) is 2.98. The Labute approximate surface area is 105 Å². The minimum atomic E-state index is -0.277. The molecule has 0 saturated carbocycles. The van der Waals surface area contributed by atoms with Gasteiger partial charge in [0.2, 0.25) is 0 Å². The molecule has 0 aliphatic heterocycles. The summed E-state index contributed by atoms with van der Waals surface area (Å²) in [6, 6.07) is 12.9. The summed E-state index contributed by atoms with van der Waals surface area (Å²) in [5.74, 6) is -0.504. The predicted molar refractivity (Wildman–Crippen MR) is 68.3 cm³/mol. The third kappa shape index (κ3) is 2.93. The van der Waals surface area contributed by atoms with Gasteiger partial charge in [-0.3, -0.25) is 0 Å². The van der Waals surface area contributed by atoms with Crippen molar-refractivity contribution in [3.05, 3.63) is 71.3 Å². The second kappa shape index (κ2) is 5.74. The van der Waals surface area contributed by atoms with Crippen LogP contribution in [0, 0.1) is 11.6 Å². The summed E-state index contributed by atoms with van der Waals surface area (Å²) < 4.78 is 26.8. The van der Waals surface area contributed by atoms with Crippen LogP contribution in [0.5, 0.6) is 0 Å². The Bertz CT molecular complexity index is 525. The lowest BCUT2D eigenvalue weighted by molar-refractivity contribution is 0.549. The van der Waals surface area contributed by atoms with E-state index in [1.165, 1.54) is 18.2 Å². The summed E-state index contributed by atoms with van der Waals surface area (Å²) in [6.45, 7) is 0. The molecule has 0 saturated heterocycles. The first-order valence-electron chi connectivity index (χ1n) is 5.87. The zero-order valence-electron chi connectivity index (χ0n) is 10.2. The Morgan fingerprint density at radius 2 is 1.83 bits per heavy atom. The van der Waals surface area contributed by atoms with E-state index in [9.17, 15) is 8.78 Å². The zero-order valence-corrected chi connectivity index (χ0v) is 10.2. The summed E-state index contributed by atoms with van der Waals surface area (Å²) in [6.07, 6.45) is 0.493. The first kappa shape index (κ1) is 12.7. The number of likely N-dealkylation sites (N-methyl/N-ethyl adjacent to an activating group) is 1. The SMILES string of the molecule is CNC(Cc1ccccc1F)c1cccc(F)c1. The van der Waals surface area contributed by atoms with Crippen molar-refractivity contribution in [1.29, 1.82) is 0 Å². The van der Waals surface area contributed by atoms with E-state index in [-0.39, 0.29) is 17.7 Å². The van der Waals surface area contributed by atoms with Crippen LogP contribution in [0.1, 0.15) is 17.2 Å². The molecule has 0 amide bonds. The van der Waals surface area contributed by atoms with Crippen LogP contribution < -0.4 is 5.32 Å². The van der Waals surface area contributed by atoms with Crippen LogP contribution in [0.15, 0.2) is 48.5 Å². The molecule has 1 nitrogen and oxygen atoms in total. The fraction of sp³-hybridized carbons (Fsp3) is 0.200. The summed E-state index contributed by atoms with van der Waals surface area (Å²) in [7, 11) is 1.79. The smallest absolute Gasteiger partial charge is 0.126 e. The number of hydrogen-bond donors (Lipinski definition) is 1. The highest BCUT2D eigenvalue weighted by Crippen LogP contribution is 2.20. The molecule has 0 aliphatic rings. The van der Waals surface area contributed by atoms with E-state index >= 15 is 0 Å². The van der Waals surface area contributed by atoms with Gasteiger partial charge in [0.15, 0.2) is 0 Å². The third-order valence-electron chi connectivity index (χ3n) is 2.98. The minimum Gasteiger partial charge on any atom is -0.313 e. The van der Waals surface area contributed by atoms with Gasteiger partial charge < -0.3 is 5.32 Å². The van der Waals surface area contributed by atoms with E-state index in [2.05, 4.69) is 5.32 Å². The second-order valence-corrected chi connectivity index (χ2v) is 4.19. The van der Waals surface area contributed by atoms with Gasteiger partial charge in [-0.05, 0) is 42.8 Å². The summed E-state index contributed by atoms with van der Waals surface area (Å²) in [4.78, 5) is 0. The van der Waals surface area contributed by atoms with Crippen molar-refractivity contribution < 1.29 is 8.78 Å². The molecule has 3 heteroatoms. The van der Waals surface area contributed by atoms with Crippen LogP contribution >= 0.6 is 0 Å².